The van der Waals surface area contributed by atoms with Crippen molar-refractivity contribution in [2.24, 2.45) is 5.41 Å². The van der Waals surface area contributed by atoms with Gasteiger partial charge in [0.15, 0.2) is 0 Å². The Labute approximate surface area is 144 Å². The van der Waals surface area contributed by atoms with Crippen molar-refractivity contribution in [3.05, 3.63) is 0 Å². The first-order valence-electron chi connectivity index (χ1n) is 10.4. The Balaban J connectivity index is 4.43. The summed E-state index contributed by atoms with van der Waals surface area (Å²) in [7, 11) is 3.27. The average Bonchev–Trinajstić information content (AvgIpc) is 2.51. The van der Waals surface area contributed by atoms with E-state index in [-0.39, 0.29) is 0 Å². The Kier molecular flexibility index (Phi) is 15.3. The van der Waals surface area contributed by atoms with Gasteiger partial charge in [0.25, 0.3) is 0 Å². The van der Waals surface area contributed by atoms with Crippen molar-refractivity contribution in [2.75, 3.05) is 0 Å². The molecule has 0 fully saturated rings. The summed E-state index contributed by atoms with van der Waals surface area (Å²) in [5.74, 6) is 0. The van der Waals surface area contributed by atoms with E-state index in [1.165, 1.54) is 96.3 Å². The molecule has 0 saturated heterocycles. The normalized spacial score (nSPS) is 13.5. The van der Waals surface area contributed by atoms with Crippen LogP contribution in [0.15, 0.2) is 0 Å². The van der Waals surface area contributed by atoms with Gasteiger partial charge in [-0.25, -0.2) is 0 Å². The van der Waals surface area contributed by atoms with E-state index in [0.29, 0.717) is 5.41 Å². The molecule has 0 aliphatic heterocycles. The van der Waals surface area contributed by atoms with E-state index in [1.54, 1.807) is 0 Å². The van der Waals surface area contributed by atoms with Gasteiger partial charge in [0.2, 0.25) is 0 Å². The molecule has 0 spiro atoms. The van der Waals surface area contributed by atoms with Gasteiger partial charge in [-0.05, 0) is 36.8 Å². The maximum absolute atomic E-state index is 3.27. The summed E-state index contributed by atoms with van der Waals surface area (Å²) < 4.78 is 0. The van der Waals surface area contributed by atoms with Crippen molar-refractivity contribution in [1.82, 2.24) is 0 Å². The first-order chi connectivity index (χ1) is 10.7. The van der Waals surface area contributed by atoms with E-state index >= 15 is 0 Å². The first kappa shape index (κ1) is 22.4. The van der Waals surface area contributed by atoms with Crippen molar-refractivity contribution in [1.29, 1.82) is 0 Å². The van der Waals surface area contributed by atoms with Crippen LogP contribution in [0.25, 0.3) is 0 Å². The molecule has 0 N–H and O–H groups in total. The smallest absolute Gasteiger partial charge is 0.0208 e. The molecule has 0 aromatic heterocycles. The molecule has 0 heterocycles. The van der Waals surface area contributed by atoms with E-state index in [4.69, 9.17) is 0 Å². The monoisotopic (exact) mass is 328 g/mol. The number of hydrogen-bond acceptors (Lipinski definition) is 0. The van der Waals surface area contributed by atoms with Crippen LogP contribution in [0, 0.1) is 5.41 Å². The zero-order chi connectivity index (χ0) is 16.7. The minimum atomic E-state index is 0.618. The molecule has 2 atom stereocenters. The third-order valence-corrected chi connectivity index (χ3v) is 6.47. The molecular weight excluding hydrogens is 283 g/mol. The molecule has 0 aromatic carbocycles. The molecule has 0 aromatic rings. The average molecular weight is 329 g/mol. The highest BCUT2D eigenvalue weighted by atomic mass is 31.0. The lowest BCUT2D eigenvalue weighted by atomic mass is 9.71. The minimum absolute atomic E-state index is 0.618. The fraction of sp³-hybridized carbons (Fsp3) is 1.00. The summed E-state index contributed by atoms with van der Waals surface area (Å²) in [5.41, 5.74) is 1.46. The predicted octanol–water partition coefficient (Wildman–Crippen LogP) is 8.15. The van der Waals surface area contributed by atoms with E-state index in [0.717, 1.165) is 5.66 Å². The maximum atomic E-state index is 3.27. The molecular formula is C21H45P. The van der Waals surface area contributed by atoms with Gasteiger partial charge in [-0.3, -0.25) is 0 Å². The van der Waals surface area contributed by atoms with Crippen LogP contribution in [0.1, 0.15) is 124 Å². The lowest BCUT2D eigenvalue weighted by Crippen LogP contribution is -2.31. The molecule has 22 heavy (non-hydrogen) atoms. The van der Waals surface area contributed by atoms with Gasteiger partial charge in [-0.15, -0.1) is 9.24 Å². The Hall–Kier alpha value is 0.430. The van der Waals surface area contributed by atoms with E-state index in [9.17, 15) is 0 Å². The second-order valence-corrected chi connectivity index (χ2v) is 8.29. The van der Waals surface area contributed by atoms with E-state index in [1.807, 2.05) is 0 Å². The Morgan fingerprint density at radius 3 is 1.59 bits per heavy atom. The fourth-order valence-electron chi connectivity index (χ4n) is 4.10. The van der Waals surface area contributed by atoms with Crippen molar-refractivity contribution < 1.29 is 0 Å². The second-order valence-electron chi connectivity index (χ2n) is 7.48. The van der Waals surface area contributed by atoms with Crippen LogP contribution in [-0.4, -0.2) is 5.66 Å². The lowest BCUT2D eigenvalue weighted by Gasteiger charge is -2.40. The Bertz CT molecular complexity index is 218. The highest BCUT2D eigenvalue weighted by molar-refractivity contribution is 7.17. The standard InChI is InChI=1S/C21H45P/c1-5-9-11-13-14-16-20(22)21(17-7-3,18-8-4)19-15-12-10-6-2/h20H,5-19,22H2,1-4H3. The maximum Gasteiger partial charge on any atom is -0.0208 e. The topological polar surface area (TPSA) is 0 Å². The van der Waals surface area contributed by atoms with Gasteiger partial charge >= 0.3 is 0 Å². The summed E-state index contributed by atoms with van der Waals surface area (Å²) in [5, 5.41) is 0. The summed E-state index contributed by atoms with van der Waals surface area (Å²) in [6, 6.07) is 0. The van der Waals surface area contributed by atoms with Crippen LogP contribution in [0.4, 0.5) is 0 Å². The van der Waals surface area contributed by atoms with Gasteiger partial charge in [0.1, 0.15) is 0 Å². The van der Waals surface area contributed by atoms with Gasteiger partial charge in [-0.1, -0.05) is 98.3 Å². The number of rotatable bonds is 16. The van der Waals surface area contributed by atoms with Gasteiger partial charge in [-0.2, -0.15) is 0 Å². The van der Waals surface area contributed by atoms with Crippen molar-refractivity contribution in [2.45, 2.75) is 130 Å². The molecule has 134 valence electrons. The Morgan fingerprint density at radius 1 is 0.591 bits per heavy atom. The van der Waals surface area contributed by atoms with Crippen LogP contribution in [0.3, 0.4) is 0 Å². The molecule has 0 saturated carbocycles. The molecule has 0 amide bonds. The SMILES string of the molecule is CCCCCCCC(P)C(CCC)(CCC)CCCCCC. The van der Waals surface area contributed by atoms with Crippen LogP contribution >= 0.6 is 9.24 Å². The molecule has 2 unspecified atom stereocenters. The van der Waals surface area contributed by atoms with E-state index < -0.39 is 0 Å². The first-order valence-corrected chi connectivity index (χ1v) is 11.1. The molecule has 0 nitrogen and oxygen atoms in total. The number of hydrogen-bond donors (Lipinski definition) is 0. The summed E-state index contributed by atoms with van der Waals surface area (Å²) in [6.07, 6.45) is 21.3. The third-order valence-electron chi connectivity index (χ3n) is 5.43. The van der Waals surface area contributed by atoms with Crippen LogP contribution < -0.4 is 0 Å². The van der Waals surface area contributed by atoms with E-state index in [2.05, 4.69) is 36.9 Å². The fourth-order valence-corrected chi connectivity index (χ4v) is 4.84. The zero-order valence-corrected chi connectivity index (χ0v) is 17.4. The lowest BCUT2D eigenvalue weighted by molar-refractivity contribution is 0.190. The molecule has 0 aliphatic carbocycles. The van der Waals surface area contributed by atoms with Gasteiger partial charge in [0.05, 0.1) is 0 Å². The van der Waals surface area contributed by atoms with Crippen molar-refractivity contribution in [3.63, 3.8) is 0 Å². The summed E-state index contributed by atoms with van der Waals surface area (Å²) in [4.78, 5) is 0. The summed E-state index contributed by atoms with van der Waals surface area (Å²) >= 11 is 0. The highest BCUT2D eigenvalue weighted by Gasteiger charge is 2.33. The second kappa shape index (κ2) is 15.0. The quantitative estimate of drug-likeness (QED) is 0.198. The van der Waals surface area contributed by atoms with Crippen molar-refractivity contribution >= 4 is 9.24 Å². The van der Waals surface area contributed by atoms with Gasteiger partial charge < -0.3 is 0 Å². The molecule has 0 aliphatic rings. The number of unbranched alkanes of at least 4 members (excludes halogenated alkanes) is 7. The highest BCUT2D eigenvalue weighted by Crippen LogP contribution is 2.44. The Morgan fingerprint density at radius 2 is 1.09 bits per heavy atom. The molecule has 0 rings (SSSR count). The summed E-state index contributed by atoms with van der Waals surface area (Å²) in [6.45, 7) is 9.40. The molecule has 0 radical (unpaired) electrons. The van der Waals surface area contributed by atoms with Crippen molar-refractivity contribution in [3.8, 4) is 0 Å². The van der Waals surface area contributed by atoms with Crippen LogP contribution in [-0.2, 0) is 0 Å². The zero-order valence-electron chi connectivity index (χ0n) is 16.3. The van der Waals surface area contributed by atoms with Crippen LogP contribution in [0.5, 0.6) is 0 Å². The third kappa shape index (κ3) is 9.54. The largest absolute Gasteiger partial charge is 0.134 e. The predicted molar refractivity (Wildman–Crippen MR) is 108 cm³/mol. The molecule has 1 heteroatoms. The van der Waals surface area contributed by atoms with Crippen LogP contribution in [0.2, 0.25) is 0 Å². The molecule has 0 bridgehead atoms. The van der Waals surface area contributed by atoms with Gasteiger partial charge in [0, 0.05) is 0 Å². The minimum Gasteiger partial charge on any atom is -0.134 e.